The SMILES string of the molecule is N=C1C(c2nc3ccccc3s2)=C(O)CN1c1ccc(CC(=O)[O-])cc1. The lowest BCUT2D eigenvalue weighted by Gasteiger charge is -2.19. The van der Waals surface area contributed by atoms with Crippen LogP contribution in [0.1, 0.15) is 10.6 Å². The van der Waals surface area contributed by atoms with E-state index in [0.717, 1.165) is 10.2 Å². The number of aliphatic hydroxyl groups excluding tert-OH is 1. The minimum atomic E-state index is -1.14. The molecule has 26 heavy (non-hydrogen) atoms. The topological polar surface area (TPSA) is 100 Å². The van der Waals surface area contributed by atoms with Crippen LogP contribution in [0.15, 0.2) is 54.3 Å². The molecule has 0 fully saturated rings. The average Bonchev–Trinajstić information content (AvgIpc) is 3.15. The zero-order valence-corrected chi connectivity index (χ0v) is 14.4. The molecule has 1 aliphatic heterocycles. The molecule has 2 aromatic carbocycles. The number of hydrogen-bond acceptors (Lipinski definition) is 6. The van der Waals surface area contributed by atoms with Gasteiger partial charge in [0, 0.05) is 18.1 Å². The number of carbonyl (C=O) groups is 1. The molecule has 2 N–H and O–H groups in total. The number of amidine groups is 1. The number of carbonyl (C=O) groups excluding carboxylic acids is 1. The molecular weight excluding hydrogens is 350 g/mol. The molecule has 0 unspecified atom stereocenters. The van der Waals surface area contributed by atoms with Crippen LogP contribution >= 0.6 is 11.3 Å². The molecule has 0 atom stereocenters. The fraction of sp³-hybridized carbons (Fsp3) is 0.105. The van der Waals surface area contributed by atoms with Crippen LogP contribution in [-0.2, 0) is 11.2 Å². The van der Waals surface area contributed by atoms with Crippen LogP contribution in [0, 0.1) is 5.41 Å². The van der Waals surface area contributed by atoms with Gasteiger partial charge in [0.25, 0.3) is 0 Å². The van der Waals surface area contributed by atoms with Crippen LogP contribution in [0.25, 0.3) is 15.8 Å². The molecule has 6 nitrogen and oxygen atoms in total. The molecule has 0 amide bonds. The third-order valence-corrected chi connectivity index (χ3v) is 5.26. The van der Waals surface area contributed by atoms with E-state index in [1.54, 1.807) is 29.2 Å². The van der Waals surface area contributed by atoms with Crippen molar-refractivity contribution in [2.45, 2.75) is 6.42 Å². The Morgan fingerprint density at radius 2 is 1.96 bits per heavy atom. The molecule has 0 aliphatic carbocycles. The number of aliphatic hydroxyl groups is 1. The third-order valence-electron chi connectivity index (χ3n) is 4.21. The predicted molar refractivity (Wildman–Crippen MR) is 99.4 cm³/mol. The zero-order chi connectivity index (χ0) is 18.3. The predicted octanol–water partition coefficient (Wildman–Crippen LogP) is 2.36. The van der Waals surface area contributed by atoms with Gasteiger partial charge in [0.1, 0.15) is 16.6 Å². The van der Waals surface area contributed by atoms with Crippen molar-refractivity contribution in [1.29, 1.82) is 5.41 Å². The quantitative estimate of drug-likeness (QED) is 0.740. The lowest BCUT2D eigenvalue weighted by molar-refractivity contribution is -0.304. The van der Waals surface area contributed by atoms with Gasteiger partial charge in [-0.25, -0.2) is 4.98 Å². The Bertz CT molecular complexity index is 1020. The van der Waals surface area contributed by atoms with Crippen LogP contribution in [0.5, 0.6) is 0 Å². The normalized spacial score (nSPS) is 14.5. The van der Waals surface area contributed by atoms with Gasteiger partial charge in [0.2, 0.25) is 0 Å². The van der Waals surface area contributed by atoms with Crippen molar-refractivity contribution >= 4 is 44.6 Å². The van der Waals surface area contributed by atoms with Crippen LogP contribution in [0.4, 0.5) is 5.69 Å². The number of thiazole rings is 1. The monoisotopic (exact) mass is 364 g/mol. The first-order valence-corrected chi connectivity index (χ1v) is 8.78. The standard InChI is InChI=1S/C19H15N3O3S/c20-18-17(19-21-13-3-1-2-4-15(13)26-19)14(23)10-22(18)12-7-5-11(6-8-12)9-16(24)25/h1-8,20,23H,9-10H2,(H,24,25)/p-1. The summed E-state index contributed by atoms with van der Waals surface area (Å²) in [7, 11) is 0. The summed E-state index contributed by atoms with van der Waals surface area (Å²) >= 11 is 1.44. The summed E-state index contributed by atoms with van der Waals surface area (Å²) in [6.45, 7) is 0.184. The molecule has 1 aliphatic rings. The smallest absolute Gasteiger partial charge is 0.139 e. The molecule has 0 radical (unpaired) electrons. The maximum atomic E-state index is 10.7. The summed E-state index contributed by atoms with van der Waals surface area (Å²) in [4.78, 5) is 16.9. The number of para-hydroxylation sites is 1. The highest BCUT2D eigenvalue weighted by atomic mass is 32.1. The second kappa shape index (κ2) is 6.27. The van der Waals surface area contributed by atoms with Crippen molar-refractivity contribution in [1.82, 2.24) is 4.98 Å². The number of nitrogens with zero attached hydrogens (tertiary/aromatic N) is 2. The summed E-state index contributed by atoms with van der Waals surface area (Å²) in [5, 5.41) is 30.2. The fourth-order valence-corrected chi connectivity index (χ4v) is 4.00. The molecule has 2 heterocycles. The van der Waals surface area contributed by atoms with E-state index in [4.69, 9.17) is 5.41 Å². The number of aliphatic carboxylic acids is 1. The summed E-state index contributed by atoms with van der Waals surface area (Å²) < 4.78 is 1.00. The molecule has 130 valence electrons. The molecule has 0 saturated carbocycles. The number of anilines is 1. The minimum absolute atomic E-state index is 0.105. The third kappa shape index (κ3) is 2.82. The number of carboxylic acid groups (broad SMARTS) is 1. The van der Waals surface area contributed by atoms with E-state index in [1.165, 1.54) is 11.3 Å². The average molecular weight is 364 g/mol. The number of benzene rings is 2. The van der Waals surface area contributed by atoms with E-state index in [0.29, 0.717) is 21.8 Å². The van der Waals surface area contributed by atoms with Gasteiger partial charge in [-0.15, -0.1) is 11.3 Å². The first-order chi connectivity index (χ1) is 12.5. The molecule has 0 saturated heterocycles. The van der Waals surface area contributed by atoms with Gasteiger partial charge in [-0.2, -0.15) is 0 Å². The summed E-state index contributed by atoms with van der Waals surface area (Å²) in [5.41, 5.74) is 2.61. The molecule has 4 rings (SSSR count). The second-order valence-corrected chi connectivity index (χ2v) is 6.99. The van der Waals surface area contributed by atoms with Crippen LogP contribution < -0.4 is 10.0 Å². The van der Waals surface area contributed by atoms with E-state index < -0.39 is 5.97 Å². The lowest BCUT2D eigenvalue weighted by atomic mass is 10.1. The van der Waals surface area contributed by atoms with Gasteiger partial charge in [-0.1, -0.05) is 24.3 Å². The molecule has 7 heteroatoms. The Balaban J connectivity index is 1.62. The van der Waals surface area contributed by atoms with Gasteiger partial charge < -0.3 is 19.9 Å². The first kappa shape index (κ1) is 16.3. The van der Waals surface area contributed by atoms with Crippen LogP contribution in [0.3, 0.4) is 0 Å². The number of fused-ring (bicyclic) bond motifs is 1. The number of nitrogens with one attached hydrogen (secondary N) is 1. The van der Waals surface area contributed by atoms with Crippen molar-refractivity contribution in [3.63, 3.8) is 0 Å². The van der Waals surface area contributed by atoms with Crippen molar-refractivity contribution in [2.24, 2.45) is 0 Å². The summed E-state index contributed by atoms with van der Waals surface area (Å²) in [6.07, 6.45) is -0.155. The van der Waals surface area contributed by atoms with E-state index in [9.17, 15) is 15.0 Å². The van der Waals surface area contributed by atoms with Crippen molar-refractivity contribution in [2.75, 3.05) is 11.4 Å². The maximum Gasteiger partial charge on any atom is 0.139 e. The van der Waals surface area contributed by atoms with Gasteiger partial charge >= 0.3 is 0 Å². The first-order valence-electron chi connectivity index (χ1n) is 7.96. The highest BCUT2D eigenvalue weighted by Gasteiger charge is 2.31. The fourth-order valence-electron chi connectivity index (χ4n) is 2.96. The molecular formula is C19H14N3O3S-. The van der Waals surface area contributed by atoms with Crippen molar-refractivity contribution in [3.05, 3.63) is 64.9 Å². The van der Waals surface area contributed by atoms with Crippen LogP contribution in [0.2, 0.25) is 0 Å². The van der Waals surface area contributed by atoms with E-state index in [-0.39, 0.29) is 24.6 Å². The second-order valence-electron chi connectivity index (χ2n) is 5.96. The highest BCUT2D eigenvalue weighted by molar-refractivity contribution is 7.19. The molecule has 3 aromatic rings. The van der Waals surface area contributed by atoms with Gasteiger partial charge in [-0.3, -0.25) is 5.41 Å². The Morgan fingerprint density at radius 1 is 1.23 bits per heavy atom. The minimum Gasteiger partial charge on any atom is -0.550 e. The Hall–Kier alpha value is -3.19. The van der Waals surface area contributed by atoms with E-state index >= 15 is 0 Å². The van der Waals surface area contributed by atoms with Gasteiger partial charge in [0.15, 0.2) is 0 Å². The van der Waals surface area contributed by atoms with E-state index in [1.807, 2.05) is 24.3 Å². The summed E-state index contributed by atoms with van der Waals surface area (Å²) in [5.74, 6) is -0.855. The summed E-state index contributed by atoms with van der Waals surface area (Å²) in [6, 6.07) is 14.5. The van der Waals surface area contributed by atoms with Crippen molar-refractivity contribution < 1.29 is 15.0 Å². The Labute approximate surface area is 153 Å². The number of aromatic nitrogens is 1. The largest absolute Gasteiger partial charge is 0.550 e. The number of hydrogen-bond donors (Lipinski definition) is 2. The molecule has 0 spiro atoms. The zero-order valence-electron chi connectivity index (χ0n) is 13.6. The molecule has 0 bridgehead atoms. The number of rotatable bonds is 4. The Kier molecular flexibility index (Phi) is 3.93. The van der Waals surface area contributed by atoms with Crippen LogP contribution in [-0.4, -0.2) is 28.4 Å². The molecule has 1 aromatic heterocycles. The highest BCUT2D eigenvalue weighted by Crippen LogP contribution is 2.35. The maximum absolute atomic E-state index is 10.7. The van der Waals surface area contributed by atoms with Gasteiger partial charge in [0.05, 0.1) is 22.3 Å². The van der Waals surface area contributed by atoms with Gasteiger partial charge in [-0.05, 0) is 29.8 Å². The van der Waals surface area contributed by atoms with Crippen molar-refractivity contribution in [3.8, 4) is 0 Å². The number of carboxylic acids is 1. The van der Waals surface area contributed by atoms with E-state index in [2.05, 4.69) is 4.98 Å². The Morgan fingerprint density at radius 3 is 2.65 bits per heavy atom. The lowest BCUT2D eigenvalue weighted by Crippen LogP contribution is -2.26.